The minimum Gasteiger partial charge on any atom is -0.143 e. The van der Waals surface area contributed by atoms with E-state index in [0.29, 0.717) is 0 Å². The number of hydrogen-bond donors (Lipinski definition) is 1. The molecule has 2 rings (SSSR count). The fourth-order valence-corrected chi connectivity index (χ4v) is 2.10. The highest BCUT2D eigenvalue weighted by Gasteiger charge is 1.97. The standard InChI is InChI=1S/C13H12S2/c1-15-13-7-5-10(6-8-13)11-3-2-4-12(14)9-11/h2-9,14H,1H3. The molecule has 0 saturated carbocycles. The van der Waals surface area contributed by atoms with Crippen LogP contribution in [0.1, 0.15) is 0 Å². The van der Waals surface area contributed by atoms with Gasteiger partial charge in [-0.2, -0.15) is 0 Å². The molecule has 2 aromatic carbocycles. The van der Waals surface area contributed by atoms with E-state index >= 15 is 0 Å². The predicted octanol–water partition coefficient (Wildman–Crippen LogP) is 4.36. The van der Waals surface area contributed by atoms with Crippen LogP contribution in [-0.2, 0) is 0 Å². The molecule has 0 radical (unpaired) electrons. The van der Waals surface area contributed by atoms with E-state index in [1.165, 1.54) is 16.0 Å². The first-order chi connectivity index (χ1) is 7.29. The SMILES string of the molecule is CSc1ccc(-c2cccc(S)c2)cc1. The summed E-state index contributed by atoms with van der Waals surface area (Å²) in [7, 11) is 0. The number of benzene rings is 2. The van der Waals surface area contributed by atoms with Gasteiger partial charge in [-0.3, -0.25) is 0 Å². The maximum atomic E-state index is 4.34. The van der Waals surface area contributed by atoms with Crippen molar-refractivity contribution in [3.63, 3.8) is 0 Å². The van der Waals surface area contributed by atoms with Crippen LogP contribution < -0.4 is 0 Å². The van der Waals surface area contributed by atoms with Gasteiger partial charge in [0.15, 0.2) is 0 Å². The van der Waals surface area contributed by atoms with Crippen molar-refractivity contribution in [2.24, 2.45) is 0 Å². The van der Waals surface area contributed by atoms with Crippen LogP contribution in [0.3, 0.4) is 0 Å². The Morgan fingerprint density at radius 1 is 0.933 bits per heavy atom. The Balaban J connectivity index is 2.37. The summed E-state index contributed by atoms with van der Waals surface area (Å²) in [4.78, 5) is 2.29. The topological polar surface area (TPSA) is 0 Å². The van der Waals surface area contributed by atoms with E-state index in [1.807, 2.05) is 12.1 Å². The van der Waals surface area contributed by atoms with Gasteiger partial charge in [-0.15, -0.1) is 24.4 Å². The summed E-state index contributed by atoms with van der Waals surface area (Å²) in [5.41, 5.74) is 2.46. The molecule has 0 fully saturated rings. The first-order valence-corrected chi connectivity index (χ1v) is 6.40. The van der Waals surface area contributed by atoms with Crippen molar-refractivity contribution in [2.45, 2.75) is 9.79 Å². The van der Waals surface area contributed by atoms with Gasteiger partial charge in [0.25, 0.3) is 0 Å². The van der Waals surface area contributed by atoms with E-state index in [2.05, 4.69) is 55.3 Å². The first kappa shape index (κ1) is 10.7. The summed E-state index contributed by atoms with van der Waals surface area (Å²) >= 11 is 6.10. The van der Waals surface area contributed by atoms with Crippen molar-refractivity contribution in [3.05, 3.63) is 48.5 Å². The number of hydrogen-bond acceptors (Lipinski definition) is 2. The predicted molar refractivity (Wildman–Crippen MR) is 70.9 cm³/mol. The summed E-state index contributed by atoms with van der Waals surface area (Å²) in [6.07, 6.45) is 2.09. The normalized spacial score (nSPS) is 10.3. The zero-order valence-electron chi connectivity index (χ0n) is 8.47. The quantitative estimate of drug-likeness (QED) is 0.593. The molecule has 15 heavy (non-hydrogen) atoms. The van der Waals surface area contributed by atoms with Gasteiger partial charge in [0.1, 0.15) is 0 Å². The lowest BCUT2D eigenvalue weighted by molar-refractivity contribution is 1.43. The number of thiol groups is 1. The van der Waals surface area contributed by atoms with Crippen LogP contribution in [0.2, 0.25) is 0 Å². The molecule has 0 unspecified atom stereocenters. The van der Waals surface area contributed by atoms with Crippen molar-refractivity contribution in [3.8, 4) is 11.1 Å². The molecule has 0 bridgehead atoms. The first-order valence-electron chi connectivity index (χ1n) is 4.73. The van der Waals surface area contributed by atoms with Crippen LogP contribution in [0.4, 0.5) is 0 Å². The van der Waals surface area contributed by atoms with Gasteiger partial charge in [-0.25, -0.2) is 0 Å². The van der Waals surface area contributed by atoms with E-state index < -0.39 is 0 Å². The fourth-order valence-electron chi connectivity index (χ4n) is 1.47. The van der Waals surface area contributed by atoms with Gasteiger partial charge in [-0.1, -0.05) is 24.3 Å². The molecule has 0 spiro atoms. The van der Waals surface area contributed by atoms with Crippen molar-refractivity contribution >= 4 is 24.4 Å². The van der Waals surface area contributed by atoms with Gasteiger partial charge < -0.3 is 0 Å². The smallest absolute Gasteiger partial charge is 0.00695 e. The Morgan fingerprint density at radius 2 is 1.67 bits per heavy atom. The Labute approximate surface area is 100 Å². The lowest BCUT2D eigenvalue weighted by Gasteiger charge is -2.03. The Bertz CT molecular complexity index is 446. The number of rotatable bonds is 2. The van der Waals surface area contributed by atoms with Crippen LogP contribution in [0, 0.1) is 0 Å². The molecule has 2 heteroatoms. The third-order valence-electron chi connectivity index (χ3n) is 2.27. The van der Waals surface area contributed by atoms with Crippen molar-refractivity contribution in [2.75, 3.05) is 6.26 Å². The molecule has 0 atom stereocenters. The lowest BCUT2D eigenvalue weighted by atomic mass is 10.1. The Hall–Kier alpha value is -0.860. The maximum Gasteiger partial charge on any atom is 0.00695 e. The van der Waals surface area contributed by atoms with Crippen molar-refractivity contribution < 1.29 is 0 Å². The second kappa shape index (κ2) is 4.77. The molecule has 0 aliphatic rings. The lowest BCUT2D eigenvalue weighted by Crippen LogP contribution is -1.78. The van der Waals surface area contributed by atoms with Gasteiger partial charge in [-0.05, 0) is 41.6 Å². The zero-order chi connectivity index (χ0) is 10.7. The highest BCUT2D eigenvalue weighted by atomic mass is 32.2. The Kier molecular flexibility index (Phi) is 3.39. The minimum absolute atomic E-state index is 1.00. The van der Waals surface area contributed by atoms with Crippen LogP contribution in [0.5, 0.6) is 0 Å². The molecule has 0 N–H and O–H groups in total. The average Bonchev–Trinajstić information content (AvgIpc) is 2.29. The Morgan fingerprint density at radius 3 is 2.27 bits per heavy atom. The van der Waals surface area contributed by atoms with E-state index in [1.54, 1.807) is 11.8 Å². The molecule has 2 aromatic rings. The summed E-state index contributed by atoms with van der Waals surface area (Å²) < 4.78 is 0. The second-order valence-electron chi connectivity index (χ2n) is 3.28. The molecule has 0 aliphatic heterocycles. The van der Waals surface area contributed by atoms with Crippen LogP contribution in [0.25, 0.3) is 11.1 Å². The highest BCUT2D eigenvalue weighted by molar-refractivity contribution is 7.98. The van der Waals surface area contributed by atoms with Gasteiger partial charge in [0, 0.05) is 9.79 Å². The summed E-state index contributed by atoms with van der Waals surface area (Å²) in [5, 5.41) is 0. The van der Waals surface area contributed by atoms with Crippen LogP contribution in [0.15, 0.2) is 58.3 Å². The van der Waals surface area contributed by atoms with Crippen LogP contribution in [-0.4, -0.2) is 6.26 Å². The van der Waals surface area contributed by atoms with E-state index in [4.69, 9.17) is 0 Å². The van der Waals surface area contributed by atoms with E-state index in [9.17, 15) is 0 Å². The monoisotopic (exact) mass is 232 g/mol. The second-order valence-corrected chi connectivity index (χ2v) is 4.67. The van der Waals surface area contributed by atoms with E-state index in [-0.39, 0.29) is 0 Å². The van der Waals surface area contributed by atoms with E-state index in [0.717, 1.165) is 4.90 Å². The molecule has 0 nitrogen and oxygen atoms in total. The highest BCUT2D eigenvalue weighted by Crippen LogP contribution is 2.24. The van der Waals surface area contributed by atoms with Crippen LogP contribution >= 0.6 is 24.4 Å². The molecule has 76 valence electrons. The van der Waals surface area contributed by atoms with Crippen molar-refractivity contribution in [1.82, 2.24) is 0 Å². The summed E-state index contributed by atoms with van der Waals surface area (Å²) in [6.45, 7) is 0. The van der Waals surface area contributed by atoms with Crippen molar-refractivity contribution in [1.29, 1.82) is 0 Å². The summed E-state index contributed by atoms with van der Waals surface area (Å²) in [5.74, 6) is 0. The summed E-state index contributed by atoms with van der Waals surface area (Å²) in [6, 6.07) is 16.8. The molecular weight excluding hydrogens is 220 g/mol. The largest absolute Gasteiger partial charge is 0.143 e. The fraction of sp³-hybridized carbons (Fsp3) is 0.0769. The molecule has 0 heterocycles. The maximum absolute atomic E-state index is 4.34. The molecule has 0 saturated heterocycles. The average molecular weight is 232 g/mol. The van der Waals surface area contributed by atoms with Gasteiger partial charge in [0.2, 0.25) is 0 Å². The zero-order valence-corrected chi connectivity index (χ0v) is 10.2. The third-order valence-corrected chi connectivity index (χ3v) is 3.29. The van der Waals surface area contributed by atoms with Gasteiger partial charge in [0.05, 0.1) is 0 Å². The van der Waals surface area contributed by atoms with Gasteiger partial charge >= 0.3 is 0 Å². The third kappa shape index (κ3) is 2.58. The molecular formula is C13H12S2. The number of thioether (sulfide) groups is 1. The molecule has 0 amide bonds. The molecule has 0 aliphatic carbocycles. The minimum atomic E-state index is 1.00. The molecule has 0 aromatic heterocycles.